The van der Waals surface area contributed by atoms with Crippen LogP contribution in [-0.2, 0) is 9.47 Å². The number of ether oxygens (including phenoxy) is 2. The average Bonchev–Trinajstić information content (AvgIpc) is 2.61. The molecule has 0 unspecified atom stereocenters. The smallest absolute Gasteiger partial charge is 0.166 e. The molecule has 0 bridgehead atoms. The predicted molar refractivity (Wildman–Crippen MR) is 49.0 cm³/mol. The third-order valence-corrected chi connectivity index (χ3v) is 4.43. The first-order valence-electron chi connectivity index (χ1n) is 5.03. The lowest BCUT2D eigenvalue weighted by Crippen LogP contribution is -2.46. The van der Waals surface area contributed by atoms with Gasteiger partial charge in [0.05, 0.1) is 18.1 Å². The summed E-state index contributed by atoms with van der Waals surface area (Å²) in [4.78, 5) is 0. The zero-order chi connectivity index (χ0) is 10.8. The lowest BCUT2D eigenvalue weighted by molar-refractivity contribution is -0.265. The van der Waals surface area contributed by atoms with E-state index in [1.54, 1.807) is 0 Å². The quantitative estimate of drug-likeness (QED) is 0.472. The molecule has 3 aliphatic rings. The highest BCUT2D eigenvalue weighted by molar-refractivity contribution is 6.22. The molecule has 3 N–H and O–H groups in total. The highest BCUT2D eigenvalue weighted by Crippen LogP contribution is 2.54. The Morgan fingerprint density at radius 3 is 2.80 bits per heavy atom. The van der Waals surface area contributed by atoms with Crippen LogP contribution >= 0.6 is 11.6 Å². The minimum absolute atomic E-state index is 0.0524. The zero-order valence-corrected chi connectivity index (χ0v) is 8.67. The second-order valence-electron chi connectivity index (χ2n) is 4.58. The van der Waals surface area contributed by atoms with Gasteiger partial charge in [0.15, 0.2) is 12.6 Å². The van der Waals surface area contributed by atoms with Crippen molar-refractivity contribution < 1.29 is 24.8 Å². The largest absolute Gasteiger partial charge is 0.391 e. The molecular weight excluding hydrogens is 224 g/mol. The van der Waals surface area contributed by atoms with Crippen molar-refractivity contribution in [3.63, 3.8) is 0 Å². The van der Waals surface area contributed by atoms with Crippen LogP contribution in [0.4, 0.5) is 0 Å². The van der Waals surface area contributed by atoms with E-state index in [-0.39, 0.29) is 24.9 Å². The average molecular weight is 237 g/mol. The molecule has 7 atom stereocenters. The number of aliphatic hydroxyl groups is 3. The Bertz CT molecular complexity index is 288. The number of halogens is 1. The van der Waals surface area contributed by atoms with Crippen LogP contribution in [-0.4, -0.2) is 51.6 Å². The van der Waals surface area contributed by atoms with E-state index in [0.717, 1.165) is 0 Å². The van der Waals surface area contributed by atoms with Crippen molar-refractivity contribution >= 4 is 11.6 Å². The fraction of sp³-hybridized carbons (Fsp3) is 1.00. The molecule has 1 saturated carbocycles. The molecule has 86 valence electrons. The summed E-state index contributed by atoms with van der Waals surface area (Å²) in [5.74, 6) is -0.591. The molecule has 3 fully saturated rings. The molecule has 5 nitrogen and oxygen atoms in total. The maximum Gasteiger partial charge on any atom is 0.166 e. The number of hydrogen-bond acceptors (Lipinski definition) is 5. The molecule has 0 amide bonds. The van der Waals surface area contributed by atoms with Gasteiger partial charge in [-0.15, -0.1) is 11.6 Å². The molecule has 6 heteroatoms. The van der Waals surface area contributed by atoms with Crippen molar-refractivity contribution in [3.8, 4) is 0 Å². The molecule has 2 saturated heterocycles. The Labute approximate surface area is 91.6 Å². The summed E-state index contributed by atoms with van der Waals surface area (Å²) in [6.45, 7) is 0.0524. The first-order chi connectivity index (χ1) is 7.04. The molecule has 3 rings (SSSR count). The maximum atomic E-state index is 10.3. The summed E-state index contributed by atoms with van der Waals surface area (Å²) < 4.78 is 10.4. The SMILES string of the molecule is O[C@H]1[C@@H]2C[C@@H](O)O[C@@H]3OC[C@@](O)([C@@H]32)[C@@H]1Cl. The minimum Gasteiger partial charge on any atom is -0.391 e. The second-order valence-corrected chi connectivity index (χ2v) is 5.05. The lowest BCUT2D eigenvalue weighted by atomic mass is 9.84. The van der Waals surface area contributed by atoms with E-state index in [2.05, 4.69) is 0 Å². The summed E-state index contributed by atoms with van der Waals surface area (Å²) in [5.41, 5.74) is -1.23. The van der Waals surface area contributed by atoms with E-state index in [4.69, 9.17) is 21.1 Å². The first-order valence-corrected chi connectivity index (χ1v) is 5.47. The fourth-order valence-electron chi connectivity index (χ4n) is 3.07. The van der Waals surface area contributed by atoms with Crippen LogP contribution in [0.1, 0.15) is 6.42 Å². The second kappa shape index (κ2) is 3.06. The summed E-state index contributed by atoms with van der Waals surface area (Å²) in [5, 5.41) is 28.8. The van der Waals surface area contributed by atoms with Gasteiger partial charge in [-0.25, -0.2) is 0 Å². The third kappa shape index (κ3) is 1.16. The van der Waals surface area contributed by atoms with Gasteiger partial charge in [-0.2, -0.15) is 0 Å². The number of alkyl halides is 1. The van der Waals surface area contributed by atoms with Gasteiger partial charge in [-0.05, 0) is 0 Å². The third-order valence-electron chi connectivity index (χ3n) is 3.79. The molecule has 1 aliphatic carbocycles. The Balaban J connectivity index is 1.98. The maximum absolute atomic E-state index is 10.3. The Morgan fingerprint density at radius 2 is 2.07 bits per heavy atom. The van der Waals surface area contributed by atoms with Crippen LogP contribution in [0.3, 0.4) is 0 Å². The van der Waals surface area contributed by atoms with E-state index < -0.39 is 29.7 Å². The molecule has 2 heterocycles. The van der Waals surface area contributed by atoms with Crippen molar-refractivity contribution in [2.45, 2.75) is 36.1 Å². The summed E-state index contributed by atoms with van der Waals surface area (Å²) in [7, 11) is 0. The fourth-order valence-corrected chi connectivity index (χ4v) is 3.46. The summed E-state index contributed by atoms with van der Waals surface area (Å²) in [6.07, 6.45) is -2.12. The normalized spacial score (nSPS) is 63.2. The number of aliphatic hydroxyl groups excluding tert-OH is 2. The van der Waals surface area contributed by atoms with Crippen LogP contribution in [0.25, 0.3) is 0 Å². The molecule has 0 radical (unpaired) electrons. The Morgan fingerprint density at radius 1 is 1.33 bits per heavy atom. The number of hydrogen-bond donors (Lipinski definition) is 3. The van der Waals surface area contributed by atoms with Crippen LogP contribution in [0.2, 0.25) is 0 Å². The van der Waals surface area contributed by atoms with Crippen LogP contribution in [0, 0.1) is 11.8 Å². The number of rotatable bonds is 0. The van der Waals surface area contributed by atoms with Gasteiger partial charge in [0.1, 0.15) is 5.60 Å². The van der Waals surface area contributed by atoms with Crippen LogP contribution in [0.5, 0.6) is 0 Å². The van der Waals surface area contributed by atoms with Gasteiger partial charge in [0, 0.05) is 18.3 Å². The molecule has 0 aromatic rings. The molecule has 2 aliphatic heterocycles. The zero-order valence-electron chi connectivity index (χ0n) is 7.91. The predicted octanol–water partition coefficient (Wildman–Crippen LogP) is -0.973. The van der Waals surface area contributed by atoms with Crippen LogP contribution < -0.4 is 0 Å². The molecule has 0 spiro atoms. The summed E-state index contributed by atoms with van der Waals surface area (Å²) in [6, 6.07) is 0. The monoisotopic (exact) mass is 236 g/mol. The van der Waals surface area contributed by atoms with E-state index in [0.29, 0.717) is 0 Å². The first kappa shape index (κ1) is 10.3. The Kier molecular flexibility index (Phi) is 2.09. The van der Waals surface area contributed by atoms with Gasteiger partial charge < -0.3 is 24.8 Å². The minimum atomic E-state index is -1.23. The molecular formula is C9H13ClO5. The van der Waals surface area contributed by atoms with E-state index >= 15 is 0 Å². The van der Waals surface area contributed by atoms with Gasteiger partial charge >= 0.3 is 0 Å². The highest BCUT2D eigenvalue weighted by Gasteiger charge is 2.67. The lowest BCUT2D eigenvalue weighted by Gasteiger charge is -2.34. The van der Waals surface area contributed by atoms with Crippen molar-refractivity contribution in [2.75, 3.05) is 6.61 Å². The van der Waals surface area contributed by atoms with E-state index in [1.165, 1.54) is 0 Å². The topological polar surface area (TPSA) is 79.2 Å². The Hall–Kier alpha value is 0.0900. The van der Waals surface area contributed by atoms with Gasteiger partial charge in [-0.3, -0.25) is 0 Å². The molecule has 0 aromatic carbocycles. The van der Waals surface area contributed by atoms with Crippen LogP contribution in [0.15, 0.2) is 0 Å². The molecule has 0 aromatic heterocycles. The standard InChI is InChI=1S/C9H13ClO5/c10-7-6(12)3-1-4(11)15-8-5(3)9(7,13)2-14-8/h3-8,11-13H,1-2H2/t3-,4+,5-,6+,7-,8+,9-/m1/s1. The van der Waals surface area contributed by atoms with Crippen molar-refractivity contribution in [2.24, 2.45) is 11.8 Å². The van der Waals surface area contributed by atoms with Crippen molar-refractivity contribution in [1.29, 1.82) is 0 Å². The van der Waals surface area contributed by atoms with Crippen molar-refractivity contribution in [3.05, 3.63) is 0 Å². The highest BCUT2D eigenvalue weighted by atomic mass is 35.5. The summed E-state index contributed by atoms with van der Waals surface area (Å²) >= 11 is 6.00. The van der Waals surface area contributed by atoms with Gasteiger partial charge in [-0.1, -0.05) is 0 Å². The van der Waals surface area contributed by atoms with E-state index in [9.17, 15) is 15.3 Å². The van der Waals surface area contributed by atoms with Gasteiger partial charge in [0.2, 0.25) is 0 Å². The van der Waals surface area contributed by atoms with Crippen molar-refractivity contribution in [1.82, 2.24) is 0 Å². The van der Waals surface area contributed by atoms with E-state index in [1.807, 2.05) is 0 Å². The van der Waals surface area contributed by atoms with Gasteiger partial charge in [0.25, 0.3) is 0 Å². The molecule has 15 heavy (non-hydrogen) atoms.